The number of nitrogens with zero attached hydrogens (tertiary/aromatic N) is 3. The van der Waals surface area contributed by atoms with E-state index in [1.165, 1.54) is 0 Å². The van der Waals surface area contributed by atoms with E-state index in [-0.39, 0.29) is 5.69 Å². The van der Waals surface area contributed by atoms with Gasteiger partial charge in [-0.3, -0.25) is 4.68 Å². The van der Waals surface area contributed by atoms with Crippen molar-refractivity contribution in [3.8, 4) is 0 Å². The maximum absolute atomic E-state index is 11.7. The Morgan fingerprint density at radius 1 is 1.43 bits per heavy atom. The molecule has 0 fully saturated rings. The molecule has 2 N–H and O–H groups in total. The van der Waals surface area contributed by atoms with Crippen LogP contribution in [-0.4, -0.2) is 27.3 Å². The molecule has 7 heteroatoms. The molecule has 2 aromatic heterocycles. The first kappa shape index (κ1) is 13.6. The Morgan fingerprint density at radius 2 is 2.24 bits per heavy atom. The molecule has 0 aliphatic carbocycles. The van der Waals surface area contributed by atoms with Gasteiger partial charge in [0.05, 0.1) is 29.1 Å². The first-order chi connectivity index (χ1) is 10.2. The Kier molecular flexibility index (Phi) is 3.57. The summed E-state index contributed by atoms with van der Waals surface area (Å²) in [5, 5.41) is 5.09. The van der Waals surface area contributed by atoms with E-state index in [1.807, 2.05) is 24.3 Å². The molecule has 108 valence electrons. The highest BCUT2D eigenvalue weighted by Gasteiger charge is 2.16. The topological polar surface area (TPSA) is 83.0 Å². The van der Waals surface area contributed by atoms with Crippen molar-refractivity contribution >= 4 is 33.2 Å². The molecule has 0 unspecified atom stereocenters. The lowest BCUT2D eigenvalue weighted by molar-refractivity contribution is 0.0519. The summed E-state index contributed by atoms with van der Waals surface area (Å²) >= 11 is 1.60. The van der Waals surface area contributed by atoms with Gasteiger partial charge in [0.2, 0.25) is 0 Å². The van der Waals surface area contributed by atoms with E-state index in [0.29, 0.717) is 18.8 Å². The molecule has 0 atom stereocenters. The molecule has 21 heavy (non-hydrogen) atoms. The monoisotopic (exact) mass is 302 g/mol. The Morgan fingerprint density at radius 3 is 3.00 bits per heavy atom. The molecule has 3 rings (SSSR count). The van der Waals surface area contributed by atoms with Crippen molar-refractivity contribution in [1.29, 1.82) is 0 Å². The van der Waals surface area contributed by atoms with Gasteiger partial charge in [-0.2, -0.15) is 5.10 Å². The van der Waals surface area contributed by atoms with Crippen molar-refractivity contribution in [1.82, 2.24) is 14.8 Å². The second-order valence-corrected chi connectivity index (χ2v) is 5.54. The number of hydrogen-bond donors (Lipinski definition) is 1. The molecular weight excluding hydrogens is 288 g/mol. The summed E-state index contributed by atoms with van der Waals surface area (Å²) in [5.41, 5.74) is 7.23. The quantitative estimate of drug-likeness (QED) is 0.748. The lowest BCUT2D eigenvalue weighted by Crippen LogP contribution is -2.09. The largest absolute Gasteiger partial charge is 0.461 e. The molecule has 0 aliphatic heterocycles. The number of para-hydroxylation sites is 1. The lowest BCUT2D eigenvalue weighted by Gasteiger charge is -1.98. The molecule has 0 aliphatic rings. The molecule has 3 aromatic rings. The molecule has 0 saturated heterocycles. The maximum Gasteiger partial charge on any atom is 0.361 e. The fraction of sp³-hybridized carbons (Fsp3) is 0.214. The molecule has 2 heterocycles. The number of hydrogen-bond acceptors (Lipinski definition) is 6. The van der Waals surface area contributed by atoms with Gasteiger partial charge in [-0.05, 0) is 19.1 Å². The molecule has 0 bridgehead atoms. The number of aromatic nitrogens is 3. The number of fused-ring (bicyclic) bond motifs is 1. The van der Waals surface area contributed by atoms with Crippen LogP contribution in [0.25, 0.3) is 10.2 Å². The van der Waals surface area contributed by atoms with Gasteiger partial charge in [0.15, 0.2) is 5.69 Å². The molecule has 0 saturated carbocycles. The molecule has 0 spiro atoms. The third-order valence-corrected chi connectivity index (χ3v) is 3.92. The third-order valence-electron chi connectivity index (χ3n) is 2.89. The first-order valence-electron chi connectivity index (χ1n) is 6.52. The lowest BCUT2D eigenvalue weighted by atomic mass is 10.3. The molecule has 0 amide bonds. The summed E-state index contributed by atoms with van der Waals surface area (Å²) in [6, 6.07) is 7.93. The Balaban J connectivity index is 1.84. The highest BCUT2D eigenvalue weighted by atomic mass is 32.1. The molecular formula is C14H14N4O2S. The Labute approximate surface area is 125 Å². The molecule has 0 radical (unpaired) electrons. The van der Waals surface area contributed by atoms with E-state index in [4.69, 9.17) is 10.5 Å². The minimum atomic E-state index is -0.502. The predicted octanol–water partition coefficient (Wildman–Crippen LogP) is 2.30. The number of benzene rings is 1. The Bertz CT molecular complexity index is 760. The van der Waals surface area contributed by atoms with E-state index in [9.17, 15) is 4.79 Å². The minimum Gasteiger partial charge on any atom is -0.461 e. The Hall–Kier alpha value is -2.41. The van der Waals surface area contributed by atoms with Gasteiger partial charge < -0.3 is 10.5 Å². The second kappa shape index (κ2) is 5.53. The molecule has 1 aromatic carbocycles. The normalized spacial score (nSPS) is 10.9. The summed E-state index contributed by atoms with van der Waals surface area (Å²) in [5.74, 6) is -0.502. The van der Waals surface area contributed by atoms with Crippen LogP contribution in [0.4, 0.5) is 5.69 Å². The minimum absolute atomic E-state index is 0.151. The zero-order chi connectivity index (χ0) is 14.8. The second-order valence-electron chi connectivity index (χ2n) is 4.43. The average Bonchev–Trinajstić information content (AvgIpc) is 3.02. The number of carbonyl (C=O) groups is 1. The van der Waals surface area contributed by atoms with Crippen LogP contribution in [0.2, 0.25) is 0 Å². The van der Waals surface area contributed by atoms with Gasteiger partial charge in [-0.25, -0.2) is 9.78 Å². The zero-order valence-electron chi connectivity index (χ0n) is 11.4. The summed E-state index contributed by atoms with van der Waals surface area (Å²) in [7, 11) is 0. The smallest absolute Gasteiger partial charge is 0.361 e. The summed E-state index contributed by atoms with van der Waals surface area (Å²) in [4.78, 5) is 16.2. The standard InChI is InChI=1S/C14H14N4O2S/c1-2-20-14(19)13-9(15)7-18(17-13)8-12-16-10-5-3-4-6-11(10)21-12/h3-7H,2,8,15H2,1H3. The number of carbonyl (C=O) groups excluding carboxylic acids is 1. The highest BCUT2D eigenvalue weighted by molar-refractivity contribution is 7.18. The van der Waals surface area contributed by atoms with Gasteiger partial charge in [-0.1, -0.05) is 12.1 Å². The van der Waals surface area contributed by atoms with Crippen molar-refractivity contribution in [3.05, 3.63) is 41.2 Å². The van der Waals surface area contributed by atoms with Crippen LogP contribution in [0.5, 0.6) is 0 Å². The van der Waals surface area contributed by atoms with Crippen LogP contribution < -0.4 is 5.73 Å². The van der Waals surface area contributed by atoms with Gasteiger partial charge in [0, 0.05) is 6.20 Å². The predicted molar refractivity (Wildman–Crippen MR) is 81.3 cm³/mol. The highest BCUT2D eigenvalue weighted by Crippen LogP contribution is 2.22. The van der Waals surface area contributed by atoms with Gasteiger partial charge in [0.25, 0.3) is 0 Å². The SMILES string of the molecule is CCOC(=O)c1nn(Cc2nc3ccccc3s2)cc1N. The fourth-order valence-corrected chi connectivity index (χ4v) is 2.96. The van der Waals surface area contributed by atoms with E-state index in [2.05, 4.69) is 10.1 Å². The number of thiazole rings is 1. The van der Waals surface area contributed by atoms with Crippen LogP contribution in [0.3, 0.4) is 0 Å². The van der Waals surface area contributed by atoms with Crippen LogP contribution >= 0.6 is 11.3 Å². The average molecular weight is 302 g/mol. The molecule has 6 nitrogen and oxygen atoms in total. The van der Waals surface area contributed by atoms with E-state index in [0.717, 1.165) is 15.2 Å². The van der Waals surface area contributed by atoms with Crippen LogP contribution in [-0.2, 0) is 11.3 Å². The number of esters is 1. The van der Waals surface area contributed by atoms with Gasteiger partial charge in [0.1, 0.15) is 5.01 Å². The van der Waals surface area contributed by atoms with E-state index < -0.39 is 5.97 Å². The van der Waals surface area contributed by atoms with E-state index >= 15 is 0 Å². The summed E-state index contributed by atoms with van der Waals surface area (Å²) in [6.07, 6.45) is 1.62. The zero-order valence-corrected chi connectivity index (χ0v) is 12.3. The third kappa shape index (κ3) is 2.73. The van der Waals surface area contributed by atoms with Gasteiger partial charge in [-0.15, -0.1) is 11.3 Å². The maximum atomic E-state index is 11.7. The summed E-state index contributed by atoms with van der Waals surface area (Å²) in [6.45, 7) is 2.51. The van der Waals surface area contributed by atoms with Crippen molar-refractivity contribution in [2.45, 2.75) is 13.5 Å². The number of anilines is 1. The van der Waals surface area contributed by atoms with Gasteiger partial charge >= 0.3 is 5.97 Å². The van der Waals surface area contributed by atoms with Crippen molar-refractivity contribution in [2.24, 2.45) is 0 Å². The number of nitrogens with two attached hydrogens (primary N) is 1. The van der Waals surface area contributed by atoms with Crippen LogP contribution in [0, 0.1) is 0 Å². The van der Waals surface area contributed by atoms with Crippen molar-refractivity contribution in [3.63, 3.8) is 0 Å². The fourth-order valence-electron chi connectivity index (χ4n) is 2.00. The van der Waals surface area contributed by atoms with Crippen molar-refractivity contribution in [2.75, 3.05) is 12.3 Å². The number of nitrogen functional groups attached to an aromatic ring is 1. The van der Waals surface area contributed by atoms with Crippen LogP contribution in [0.1, 0.15) is 22.4 Å². The number of rotatable bonds is 4. The number of ether oxygens (including phenoxy) is 1. The van der Waals surface area contributed by atoms with Crippen molar-refractivity contribution < 1.29 is 9.53 Å². The van der Waals surface area contributed by atoms with Crippen LogP contribution in [0.15, 0.2) is 30.5 Å². The summed E-state index contributed by atoms with van der Waals surface area (Å²) < 4.78 is 7.65. The first-order valence-corrected chi connectivity index (χ1v) is 7.33. The van der Waals surface area contributed by atoms with E-state index in [1.54, 1.807) is 29.1 Å².